The number of carbonyl (C=O) groups excluding carboxylic acids is 1. The molecule has 106 valence electrons. The van der Waals surface area contributed by atoms with Crippen LogP contribution in [0.1, 0.15) is 21.5 Å². The molecule has 0 aliphatic heterocycles. The van der Waals surface area contributed by atoms with Crippen LogP contribution in [0.5, 0.6) is 0 Å². The maximum atomic E-state index is 13.5. The van der Waals surface area contributed by atoms with E-state index in [1.807, 2.05) is 6.07 Å². The van der Waals surface area contributed by atoms with Crippen molar-refractivity contribution in [2.75, 3.05) is 5.73 Å². The highest BCUT2D eigenvalue weighted by molar-refractivity contribution is 5.90. The average Bonchev–Trinajstić information content (AvgIpc) is 2.47. The van der Waals surface area contributed by atoms with Gasteiger partial charge in [0.25, 0.3) is 0 Å². The van der Waals surface area contributed by atoms with Crippen LogP contribution in [0.25, 0.3) is 0 Å². The van der Waals surface area contributed by atoms with Crippen LogP contribution in [0.4, 0.5) is 14.5 Å². The minimum Gasteiger partial charge on any atom is -0.457 e. The second-order valence-corrected chi connectivity index (χ2v) is 4.23. The molecule has 2 N–H and O–H groups in total. The molecule has 0 radical (unpaired) electrons. The summed E-state index contributed by atoms with van der Waals surface area (Å²) in [6.45, 7) is -0.340. The van der Waals surface area contributed by atoms with Crippen molar-refractivity contribution in [1.29, 1.82) is 5.26 Å². The molecule has 0 fully saturated rings. The highest BCUT2D eigenvalue weighted by Gasteiger charge is 2.15. The van der Waals surface area contributed by atoms with Crippen molar-refractivity contribution in [2.24, 2.45) is 0 Å². The van der Waals surface area contributed by atoms with Crippen LogP contribution in [0.2, 0.25) is 0 Å². The lowest BCUT2D eigenvalue weighted by molar-refractivity contribution is 0.0466. The molecule has 0 aliphatic carbocycles. The van der Waals surface area contributed by atoms with Crippen LogP contribution < -0.4 is 5.73 Å². The van der Waals surface area contributed by atoms with E-state index in [4.69, 9.17) is 15.7 Å². The second-order valence-electron chi connectivity index (χ2n) is 4.23. The van der Waals surface area contributed by atoms with Gasteiger partial charge in [-0.15, -0.1) is 0 Å². The van der Waals surface area contributed by atoms with E-state index < -0.39 is 17.6 Å². The fourth-order valence-corrected chi connectivity index (χ4v) is 1.71. The minimum absolute atomic E-state index is 0.178. The zero-order chi connectivity index (χ0) is 15.4. The molecule has 6 heteroatoms. The van der Waals surface area contributed by atoms with E-state index in [1.54, 1.807) is 0 Å². The third kappa shape index (κ3) is 3.34. The fraction of sp³-hybridized carbons (Fsp3) is 0.0667. The summed E-state index contributed by atoms with van der Waals surface area (Å²) in [4.78, 5) is 11.8. The summed E-state index contributed by atoms with van der Waals surface area (Å²) in [5.41, 5.74) is 5.75. The number of hydrogen-bond acceptors (Lipinski definition) is 4. The highest BCUT2D eigenvalue weighted by atomic mass is 19.1. The first kappa shape index (κ1) is 14.5. The van der Waals surface area contributed by atoms with Crippen LogP contribution in [0, 0.1) is 23.0 Å². The summed E-state index contributed by atoms with van der Waals surface area (Å²) in [6.07, 6.45) is 0. The Morgan fingerprint density at radius 2 is 2.00 bits per heavy atom. The van der Waals surface area contributed by atoms with E-state index >= 15 is 0 Å². The molecular formula is C15H10F2N2O2. The van der Waals surface area contributed by atoms with Gasteiger partial charge in [-0.05, 0) is 36.4 Å². The topological polar surface area (TPSA) is 76.1 Å². The number of esters is 1. The summed E-state index contributed by atoms with van der Waals surface area (Å²) >= 11 is 0. The molecule has 0 unspecified atom stereocenters. The van der Waals surface area contributed by atoms with E-state index in [0.29, 0.717) is 0 Å². The molecule has 0 amide bonds. The Morgan fingerprint density at radius 1 is 1.24 bits per heavy atom. The Labute approximate surface area is 119 Å². The van der Waals surface area contributed by atoms with Crippen LogP contribution in [-0.4, -0.2) is 5.97 Å². The third-order valence-electron chi connectivity index (χ3n) is 2.76. The van der Waals surface area contributed by atoms with E-state index in [0.717, 1.165) is 24.3 Å². The van der Waals surface area contributed by atoms with E-state index in [1.165, 1.54) is 12.1 Å². The Morgan fingerprint density at radius 3 is 2.71 bits per heavy atom. The third-order valence-corrected chi connectivity index (χ3v) is 2.76. The number of hydrogen-bond donors (Lipinski definition) is 1. The summed E-state index contributed by atoms with van der Waals surface area (Å²) in [5.74, 6) is -2.27. The Balaban J connectivity index is 2.17. The molecule has 21 heavy (non-hydrogen) atoms. The molecule has 0 heterocycles. The number of nitrogen functional groups attached to an aromatic ring is 1. The van der Waals surface area contributed by atoms with Crippen molar-refractivity contribution < 1.29 is 18.3 Å². The summed E-state index contributed by atoms with van der Waals surface area (Å²) in [7, 11) is 0. The van der Waals surface area contributed by atoms with Gasteiger partial charge in [0.05, 0.1) is 17.2 Å². The predicted octanol–water partition coefficient (Wildman–Crippen LogP) is 2.78. The average molecular weight is 288 g/mol. The number of carbonyl (C=O) groups is 1. The molecule has 0 spiro atoms. The van der Waals surface area contributed by atoms with Gasteiger partial charge >= 0.3 is 5.97 Å². The molecule has 0 aromatic heterocycles. The lowest BCUT2D eigenvalue weighted by Crippen LogP contribution is -2.09. The first-order chi connectivity index (χ1) is 10.0. The number of halogens is 2. The standard InChI is InChI=1S/C15H10F2N2O2/c16-11-2-1-9(7-18)10(5-11)8-21-15(20)13-6-12(19)3-4-14(13)17/h1-6H,8,19H2. The molecule has 0 saturated carbocycles. The number of rotatable bonds is 3. The number of nitrogens with zero attached hydrogens (tertiary/aromatic N) is 1. The van der Waals surface area contributed by atoms with Crippen molar-refractivity contribution >= 4 is 11.7 Å². The van der Waals surface area contributed by atoms with Gasteiger partial charge in [0, 0.05) is 11.3 Å². The highest BCUT2D eigenvalue weighted by Crippen LogP contribution is 2.16. The van der Waals surface area contributed by atoms with Gasteiger partial charge in [-0.2, -0.15) is 5.26 Å². The zero-order valence-corrected chi connectivity index (χ0v) is 10.8. The summed E-state index contributed by atoms with van der Waals surface area (Å²) in [6, 6.07) is 8.85. The largest absolute Gasteiger partial charge is 0.457 e. The van der Waals surface area contributed by atoms with E-state index in [2.05, 4.69) is 0 Å². The molecular weight excluding hydrogens is 278 g/mol. The van der Waals surface area contributed by atoms with Crippen molar-refractivity contribution in [2.45, 2.75) is 6.61 Å². The first-order valence-electron chi connectivity index (χ1n) is 5.92. The number of benzene rings is 2. The van der Waals surface area contributed by atoms with Crippen molar-refractivity contribution in [1.82, 2.24) is 0 Å². The quantitative estimate of drug-likeness (QED) is 0.696. The van der Waals surface area contributed by atoms with E-state index in [-0.39, 0.29) is 29.0 Å². The van der Waals surface area contributed by atoms with Crippen LogP contribution >= 0.6 is 0 Å². The zero-order valence-electron chi connectivity index (χ0n) is 10.8. The molecule has 2 rings (SSSR count). The Kier molecular flexibility index (Phi) is 4.14. The molecule has 0 bridgehead atoms. The number of nitriles is 1. The summed E-state index contributed by atoms with van der Waals surface area (Å²) < 4.78 is 31.5. The van der Waals surface area contributed by atoms with Gasteiger partial charge in [0.1, 0.15) is 18.2 Å². The van der Waals surface area contributed by atoms with Gasteiger partial charge in [0.15, 0.2) is 0 Å². The van der Waals surface area contributed by atoms with Gasteiger partial charge in [-0.3, -0.25) is 0 Å². The first-order valence-corrected chi connectivity index (χ1v) is 5.92. The van der Waals surface area contributed by atoms with Gasteiger partial charge < -0.3 is 10.5 Å². The SMILES string of the molecule is N#Cc1ccc(F)cc1COC(=O)c1cc(N)ccc1F. The smallest absolute Gasteiger partial charge is 0.341 e. The van der Waals surface area contributed by atoms with Crippen molar-refractivity contribution in [3.05, 3.63) is 64.7 Å². The van der Waals surface area contributed by atoms with Gasteiger partial charge in [-0.1, -0.05) is 0 Å². The maximum Gasteiger partial charge on any atom is 0.341 e. The number of anilines is 1. The minimum atomic E-state index is -0.937. The molecule has 0 saturated heterocycles. The van der Waals surface area contributed by atoms with Crippen LogP contribution in [-0.2, 0) is 11.3 Å². The van der Waals surface area contributed by atoms with Gasteiger partial charge in [-0.25, -0.2) is 13.6 Å². The lowest BCUT2D eigenvalue weighted by Gasteiger charge is -2.08. The van der Waals surface area contributed by atoms with Crippen LogP contribution in [0.15, 0.2) is 36.4 Å². The maximum absolute atomic E-state index is 13.5. The predicted molar refractivity (Wildman–Crippen MR) is 71.0 cm³/mol. The monoisotopic (exact) mass is 288 g/mol. The Hall–Kier alpha value is -2.94. The molecule has 0 aliphatic rings. The number of nitrogens with two attached hydrogens (primary N) is 1. The number of ether oxygens (including phenoxy) is 1. The van der Waals surface area contributed by atoms with Crippen LogP contribution in [0.3, 0.4) is 0 Å². The Bertz CT molecular complexity index is 739. The molecule has 4 nitrogen and oxygen atoms in total. The molecule has 0 atom stereocenters. The molecule has 2 aromatic rings. The van der Waals surface area contributed by atoms with Crippen molar-refractivity contribution in [3.63, 3.8) is 0 Å². The normalized spacial score (nSPS) is 9.95. The van der Waals surface area contributed by atoms with Crippen molar-refractivity contribution in [3.8, 4) is 6.07 Å². The second kappa shape index (κ2) is 6.01. The van der Waals surface area contributed by atoms with E-state index in [9.17, 15) is 13.6 Å². The van der Waals surface area contributed by atoms with Gasteiger partial charge in [0.2, 0.25) is 0 Å². The summed E-state index contributed by atoms with van der Waals surface area (Å²) in [5, 5.41) is 8.88. The lowest BCUT2D eigenvalue weighted by atomic mass is 10.1. The molecule has 2 aromatic carbocycles. The fourth-order valence-electron chi connectivity index (χ4n) is 1.71.